The van der Waals surface area contributed by atoms with Crippen LogP contribution >= 0.6 is 11.3 Å². The third-order valence-electron chi connectivity index (χ3n) is 1.14. The molecule has 1 radical (unpaired) electrons. The van der Waals surface area contributed by atoms with Crippen molar-refractivity contribution >= 4 is 23.3 Å². The first-order valence-electron chi connectivity index (χ1n) is 3.50. The van der Waals surface area contributed by atoms with Crippen LogP contribution in [0.5, 0.6) is 0 Å². The second kappa shape index (κ2) is 4.66. The maximum atomic E-state index is 10.4. The Kier molecular flexibility index (Phi) is 3.47. The molecule has 0 aliphatic carbocycles. The SMILES string of the molecule is CCON=C([C]=O)c1cccs1. The van der Waals surface area contributed by atoms with Gasteiger partial charge in [0.25, 0.3) is 6.29 Å². The van der Waals surface area contributed by atoms with E-state index >= 15 is 0 Å². The summed E-state index contributed by atoms with van der Waals surface area (Å²) in [5.41, 5.74) is 0.229. The zero-order chi connectivity index (χ0) is 8.81. The molecule has 0 aromatic carbocycles. The molecule has 1 rings (SSSR count). The van der Waals surface area contributed by atoms with Gasteiger partial charge < -0.3 is 4.84 Å². The Morgan fingerprint density at radius 2 is 2.67 bits per heavy atom. The van der Waals surface area contributed by atoms with Crippen LogP contribution in [0.2, 0.25) is 0 Å². The monoisotopic (exact) mass is 182 g/mol. The molecule has 3 nitrogen and oxygen atoms in total. The maximum Gasteiger partial charge on any atom is 0.258 e. The molecule has 1 heterocycles. The molecular weight excluding hydrogens is 174 g/mol. The van der Waals surface area contributed by atoms with Gasteiger partial charge in [0.05, 0.1) is 4.88 Å². The molecule has 0 saturated carbocycles. The van der Waals surface area contributed by atoms with Crippen molar-refractivity contribution in [1.82, 2.24) is 0 Å². The van der Waals surface area contributed by atoms with E-state index in [4.69, 9.17) is 4.84 Å². The van der Waals surface area contributed by atoms with E-state index in [2.05, 4.69) is 5.16 Å². The number of carbonyl (C=O) groups excluding carboxylic acids is 1. The van der Waals surface area contributed by atoms with Gasteiger partial charge in [-0.15, -0.1) is 11.3 Å². The predicted octanol–water partition coefficient (Wildman–Crippen LogP) is 1.60. The summed E-state index contributed by atoms with van der Waals surface area (Å²) in [5, 5.41) is 5.48. The fourth-order valence-electron chi connectivity index (χ4n) is 0.656. The van der Waals surface area contributed by atoms with Crippen LogP contribution in [-0.2, 0) is 9.63 Å². The summed E-state index contributed by atoms with van der Waals surface area (Å²) >= 11 is 1.43. The Balaban J connectivity index is 2.76. The fourth-order valence-corrected chi connectivity index (χ4v) is 1.31. The molecule has 0 aliphatic heterocycles. The van der Waals surface area contributed by atoms with E-state index < -0.39 is 0 Å². The molecule has 1 aromatic heterocycles. The molecule has 0 atom stereocenters. The number of hydrogen-bond acceptors (Lipinski definition) is 4. The molecule has 0 bridgehead atoms. The lowest BCUT2D eigenvalue weighted by Gasteiger charge is -1.93. The first-order valence-corrected chi connectivity index (χ1v) is 4.38. The summed E-state index contributed by atoms with van der Waals surface area (Å²) < 4.78 is 0. The molecule has 0 amide bonds. The third kappa shape index (κ3) is 2.17. The van der Waals surface area contributed by atoms with E-state index in [1.54, 1.807) is 19.3 Å². The van der Waals surface area contributed by atoms with Crippen molar-refractivity contribution in [1.29, 1.82) is 0 Å². The minimum Gasteiger partial charge on any atom is -0.395 e. The molecule has 1 aromatic rings. The van der Waals surface area contributed by atoms with Crippen molar-refractivity contribution in [2.75, 3.05) is 6.61 Å². The maximum absolute atomic E-state index is 10.4. The molecule has 4 heteroatoms. The Hall–Kier alpha value is -1.16. The smallest absolute Gasteiger partial charge is 0.258 e. The standard InChI is InChI=1S/C8H8NO2S/c1-2-11-9-7(6-10)8-4-3-5-12-8/h3-5H,2H2,1H3. The van der Waals surface area contributed by atoms with Crippen LogP contribution in [0.4, 0.5) is 0 Å². The van der Waals surface area contributed by atoms with E-state index in [0.717, 1.165) is 4.88 Å². The fraction of sp³-hybridized carbons (Fsp3) is 0.250. The highest BCUT2D eigenvalue weighted by Crippen LogP contribution is 2.08. The predicted molar refractivity (Wildman–Crippen MR) is 48.2 cm³/mol. The third-order valence-corrected chi connectivity index (χ3v) is 2.01. The Labute approximate surface area is 74.7 Å². The molecule has 0 N–H and O–H groups in total. The number of hydrogen-bond donors (Lipinski definition) is 0. The molecule has 0 fully saturated rings. The zero-order valence-electron chi connectivity index (χ0n) is 6.61. The Morgan fingerprint density at radius 3 is 3.17 bits per heavy atom. The number of oxime groups is 1. The summed E-state index contributed by atoms with van der Waals surface area (Å²) in [6, 6.07) is 3.65. The summed E-state index contributed by atoms with van der Waals surface area (Å²) in [5.74, 6) is 0. The van der Waals surface area contributed by atoms with Crippen molar-refractivity contribution in [2.24, 2.45) is 5.16 Å². The first kappa shape index (κ1) is 8.93. The lowest BCUT2D eigenvalue weighted by Crippen LogP contribution is -2.00. The highest BCUT2D eigenvalue weighted by Gasteiger charge is 2.03. The largest absolute Gasteiger partial charge is 0.395 e. The normalized spacial score (nSPS) is 11.2. The molecule has 0 spiro atoms. The molecular formula is C8H8NO2S. The molecule has 0 aliphatic rings. The average Bonchev–Trinajstić information content (AvgIpc) is 2.59. The Bertz CT molecular complexity index is 267. The first-order chi connectivity index (χ1) is 5.88. The summed E-state index contributed by atoms with van der Waals surface area (Å²) in [6.07, 6.45) is 1.72. The summed E-state index contributed by atoms with van der Waals surface area (Å²) in [6.45, 7) is 2.26. The van der Waals surface area contributed by atoms with Gasteiger partial charge in [-0.1, -0.05) is 11.2 Å². The zero-order valence-corrected chi connectivity index (χ0v) is 7.43. The van der Waals surface area contributed by atoms with Crippen molar-refractivity contribution in [3.05, 3.63) is 22.4 Å². The lowest BCUT2D eigenvalue weighted by atomic mass is 10.3. The second-order valence-corrected chi connectivity index (χ2v) is 2.88. The van der Waals surface area contributed by atoms with Crippen molar-refractivity contribution < 1.29 is 9.63 Å². The van der Waals surface area contributed by atoms with Crippen LogP contribution in [0.25, 0.3) is 0 Å². The van der Waals surface area contributed by atoms with Gasteiger partial charge in [0.2, 0.25) is 0 Å². The second-order valence-electron chi connectivity index (χ2n) is 1.94. The van der Waals surface area contributed by atoms with Crippen LogP contribution in [0.1, 0.15) is 11.8 Å². The highest BCUT2D eigenvalue weighted by molar-refractivity contribution is 7.12. The Morgan fingerprint density at radius 1 is 1.83 bits per heavy atom. The van der Waals surface area contributed by atoms with Gasteiger partial charge in [-0.2, -0.15) is 0 Å². The van der Waals surface area contributed by atoms with Gasteiger partial charge in [-0.25, -0.2) is 0 Å². The van der Waals surface area contributed by atoms with Gasteiger partial charge in [-0.05, 0) is 18.4 Å². The quantitative estimate of drug-likeness (QED) is 0.524. The van der Waals surface area contributed by atoms with Gasteiger partial charge in [0, 0.05) is 0 Å². The van der Waals surface area contributed by atoms with E-state index in [0.29, 0.717) is 6.61 Å². The van der Waals surface area contributed by atoms with E-state index in [-0.39, 0.29) is 5.71 Å². The minimum atomic E-state index is 0.229. The van der Waals surface area contributed by atoms with Crippen molar-refractivity contribution in [3.63, 3.8) is 0 Å². The lowest BCUT2D eigenvalue weighted by molar-refractivity contribution is 0.159. The van der Waals surface area contributed by atoms with Gasteiger partial charge >= 0.3 is 0 Å². The molecule has 12 heavy (non-hydrogen) atoms. The van der Waals surface area contributed by atoms with Gasteiger partial charge in [0.1, 0.15) is 6.61 Å². The van der Waals surface area contributed by atoms with Crippen LogP contribution in [0.15, 0.2) is 22.7 Å². The van der Waals surface area contributed by atoms with Crippen LogP contribution in [0.3, 0.4) is 0 Å². The topological polar surface area (TPSA) is 38.7 Å². The van der Waals surface area contributed by atoms with E-state index in [1.807, 2.05) is 11.4 Å². The van der Waals surface area contributed by atoms with Crippen molar-refractivity contribution in [2.45, 2.75) is 6.92 Å². The van der Waals surface area contributed by atoms with Crippen LogP contribution < -0.4 is 0 Å². The number of thiophene rings is 1. The van der Waals surface area contributed by atoms with Gasteiger partial charge in [-0.3, -0.25) is 4.79 Å². The number of rotatable bonds is 4. The molecule has 0 unspecified atom stereocenters. The minimum absolute atomic E-state index is 0.229. The van der Waals surface area contributed by atoms with Crippen molar-refractivity contribution in [3.8, 4) is 0 Å². The van der Waals surface area contributed by atoms with Crippen LogP contribution in [-0.4, -0.2) is 18.6 Å². The van der Waals surface area contributed by atoms with E-state index in [1.165, 1.54) is 11.3 Å². The number of nitrogens with zero attached hydrogens (tertiary/aromatic N) is 1. The summed E-state index contributed by atoms with van der Waals surface area (Å²) in [4.78, 5) is 15.9. The van der Waals surface area contributed by atoms with Gasteiger partial charge in [0.15, 0.2) is 5.71 Å². The molecule has 63 valence electrons. The van der Waals surface area contributed by atoms with Crippen LogP contribution in [0, 0.1) is 0 Å². The summed E-state index contributed by atoms with van der Waals surface area (Å²) in [7, 11) is 0. The average molecular weight is 182 g/mol. The molecule has 0 saturated heterocycles. The van der Waals surface area contributed by atoms with E-state index in [9.17, 15) is 4.79 Å². The highest BCUT2D eigenvalue weighted by atomic mass is 32.1.